The molecule has 0 saturated carbocycles. The second kappa shape index (κ2) is 7.02. The highest BCUT2D eigenvalue weighted by molar-refractivity contribution is 7.13. The van der Waals surface area contributed by atoms with Crippen LogP contribution in [0.15, 0.2) is 23.7 Å². The van der Waals surface area contributed by atoms with Crippen LogP contribution in [0.3, 0.4) is 0 Å². The summed E-state index contributed by atoms with van der Waals surface area (Å²) in [4.78, 5) is 13.9. The van der Waals surface area contributed by atoms with Gasteiger partial charge in [-0.05, 0) is 58.2 Å². The predicted molar refractivity (Wildman–Crippen MR) is 117 cm³/mol. The van der Waals surface area contributed by atoms with Gasteiger partial charge in [0.25, 0.3) is 0 Å². The van der Waals surface area contributed by atoms with Crippen molar-refractivity contribution < 1.29 is 0 Å². The Morgan fingerprint density at radius 2 is 1.71 bits per heavy atom. The van der Waals surface area contributed by atoms with Crippen molar-refractivity contribution in [2.75, 3.05) is 5.32 Å². The lowest BCUT2D eigenvalue weighted by Crippen LogP contribution is -2.07. The van der Waals surface area contributed by atoms with E-state index in [0.29, 0.717) is 6.54 Å². The Labute approximate surface area is 169 Å². The van der Waals surface area contributed by atoms with Crippen LogP contribution < -0.4 is 5.32 Å². The number of aryl methyl sites for hydroxylation is 5. The number of aromatic nitrogens is 4. The number of hydrogen-bond donors (Lipinski definition) is 1. The third kappa shape index (κ3) is 3.07. The van der Waals surface area contributed by atoms with Crippen molar-refractivity contribution in [3.05, 3.63) is 63.2 Å². The summed E-state index contributed by atoms with van der Waals surface area (Å²) in [6, 6.07) is 4.48. The van der Waals surface area contributed by atoms with Gasteiger partial charge in [-0.1, -0.05) is 17.7 Å². The summed E-state index contributed by atoms with van der Waals surface area (Å²) in [5.41, 5.74) is 9.45. The molecule has 0 aliphatic rings. The van der Waals surface area contributed by atoms with E-state index in [9.17, 15) is 0 Å². The van der Waals surface area contributed by atoms with Crippen LogP contribution in [0.2, 0.25) is 0 Å². The van der Waals surface area contributed by atoms with Gasteiger partial charge in [-0.15, -0.1) is 11.3 Å². The van der Waals surface area contributed by atoms with Gasteiger partial charge in [0.1, 0.15) is 11.5 Å². The maximum atomic E-state index is 4.86. The Morgan fingerprint density at radius 1 is 1.00 bits per heavy atom. The van der Waals surface area contributed by atoms with Gasteiger partial charge in [-0.2, -0.15) is 0 Å². The van der Waals surface area contributed by atoms with Crippen molar-refractivity contribution in [1.29, 1.82) is 0 Å². The monoisotopic (exact) mass is 391 g/mol. The molecular formula is C22H25N5S. The molecule has 1 aromatic carbocycles. The lowest BCUT2D eigenvalue weighted by Gasteiger charge is -2.16. The molecule has 0 amide bonds. The molecule has 0 bridgehead atoms. The normalized spacial score (nSPS) is 11.4. The Morgan fingerprint density at radius 3 is 2.36 bits per heavy atom. The number of benzene rings is 1. The minimum atomic E-state index is 0.629. The van der Waals surface area contributed by atoms with Crippen LogP contribution in [0.1, 0.15) is 39.5 Å². The Bertz CT molecular complexity index is 1150. The first-order valence-electron chi connectivity index (χ1n) is 9.43. The lowest BCUT2D eigenvalue weighted by molar-refractivity contribution is 0.950. The number of thiazole rings is 1. The molecule has 0 saturated heterocycles. The number of anilines is 1. The van der Waals surface area contributed by atoms with Crippen LogP contribution in [0.25, 0.3) is 16.7 Å². The zero-order valence-electron chi connectivity index (χ0n) is 17.2. The number of hydrogen-bond acceptors (Lipinski definition) is 5. The fraction of sp³-hybridized carbons (Fsp3) is 0.318. The summed E-state index contributed by atoms with van der Waals surface area (Å²) in [5.74, 6) is 0.782. The van der Waals surface area contributed by atoms with Gasteiger partial charge >= 0.3 is 0 Å². The van der Waals surface area contributed by atoms with Crippen molar-refractivity contribution in [2.24, 2.45) is 0 Å². The van der Waals surface area contributed by atoms with Crippen LogP contribution in [0.4, 0.5) is 5.13 Å². The molecule has 0 spiro atoms. The van der Waals surface area contributed by atoms with Crippen LogP contribution >= 0.6 is 11.3 Å². The van der Waals surface area contributed by atoms with E-state index in [1.54, 1.807) is 11.3 Å². The number of rotatable bonds is 4. The van der Waals surface area contributed by atoms with Crippen molar-refractivity contribution in [3.63, 3.8) is 0 Å². The Kier molecular flexibility index (Phi) is 4.67. The van der Waals surface area contributed by atoms with Crippen LogP contribution in [-0.4, -0.2) is 19.5 Å². The minimum absolute atomic E-state index is 0.629. The second-order valence-electron chi connectivity index (χ2n) is 7.40. The highest BCUT2D eigenvalue weighted by atomic mass is 32.1. The predicted octanol–water partition coefficient (Wildman–Crippen LogP) is 5.34. The smallest absolute Gasteiger partial charge is 0.182 e. The Hall–Kier alpha value is -2.73. The van der Waals surface area contributed by atoms with Crippen LogP contribution in [0, 0.1) is 41.5 Å². The zero-order chi connectivity index (χ0) is 20.0. The zero-order valence-corrected chi connectivity index (χ0v) is 18.0. The molecule has 0 radical (unpaired) electrons. The lowest BCUT2D eigenvalue weighted by atomic mass is 10.0. The molecule has 28 heavy (non-hydrogen) atoms. The molecule has 4 rings (SSSR count). The number of nitrogens with zero attached hydrogens (tertiary/aromatic N) is 4. The van der Waals surface area contributed by atoms with Gasteiger partial charge in [0.15, 0.2) is 5.13 Å². The molecule has 1 N–H and O–H groups in total. The van der Waals surface area contributed by atoms with E-state index >= 15 is 0 Å². The van der Waals surface area contributed by atoms with Crippen molar-refractivity contribution in [1.82, 2.24) is 19.5 Å². The molecule has 0 fully saturated rings. The first kappa shape index (κ1) is 18.6. The summed E-state index contributed by atoms with van der Waals surface area (Å²) < 4.78 is 2.30. The molecule has 0 aliphatic carbocycles. The van der Waals surface area contributed by atoms with E-state index in [1.807, 2.05) is 18.5 Å². The van der Waals surface area contributed by atoms with Gasteiger partial charge in [-0.3, -0.25) is 4.57 Å². The second-order valence-corrected chi connectivity index (χ2v) is 8.29. The summed E-state index contributed by atoms with van der Waals surface area (Å²) >= 11 is 1.60. The highest BCUT2D eigenvalue weighted by Crippen LogP contribution is 2.33. The highest BCUT2D eigenvalue weighted by Gasteiger charge is 2.20. The van der Waals surface area contributed by atoms with E-state index < -0.39 is 0 Å². The molecule has 5 nitrogen and oxygen atoms in total. The van der Waals surface area contributed by atoms with Gasteiger partial charge in [0, 0.05) is 22.7 Å². The standard InChI is InChI=1S/C22H25N5S/c1-12-9-13(2)20(14(3)10-12)27-16(5)15(4)19-18(25-17(6)26-21(19)27)11-24-22-23-7-8-28-22/h7-10H,11H2,1-6H3,(H,23,24). The van der Waals surface area contributed by atoms with E-state index in [1.165, 1.54) is 33.6 Å². The maximum absolute atomic E-state index is 4.86. The molecule has 0 atom stereocenters. The van der Waals surface area contributed by atoms with Crippen molar-refractivity contribution >= 4 is 27.5 Å². The molecule has 3 aromatic heterocycles. The van der Waals surface area contributed by atoms with E-state index in [2.05, 4.69) is 61.6 Å². The fourth-order valence-electron chi connectivity index (χ4n) is 4.06. The molecule has 6 heteroatoms. The quantitative estimate of drug-likeness (QED) is 0.510. The van der Waals surface area contributed by atoms with Gasteiger partial charge in [0.2, 0.25) is 0 Å². The molecular weight excluding hydrogens is 366 g/mol. The van der Waals surface area contributed by atoms with E-state index in [-0.39, 0.29) is 0 Å². The fourth-order valence-corrected chi connectivity index (χ4v) is 4.59. The molecule has 3 heterocycles. The largest absolute Gasteiger partial charge is 0.356 e. The molecule has 0 aliphatic heterocycles. The van der Waals surface area contributed by atoms with E-state index in [0.717, 1.165) is 27.7 Å². The third-order valence-corrected chi connectivity index (χ3v) is 5.97. The Balaban J connectivity index is 1.94. The SMILES string of the molecule is Cc1cc(C)c(-n2c(C)c(C)c3c(CNc4nccs4)nc(C)nc32)c(C)c1. The van der Waals surface area contributed by atoms with Crippen molar-refractivity contribution in [3.8, 4) is 5.69 Å². The first-order chi connectivity index (χ1) is 13.4. The topological polar surface area (TPSA) is 55.6 Å². The molecule has 0 unspecified atom stereocenters. The summed E-state index contributed by atoms with van der Waals surface area (Å²) in [6.45, 7) is 13.4. The van der Waals surface area contributed by atoms with Gasteiger partial charge < -0.3 is 5.32 Å². The van der Waals surface area contributed by atoms with Gasteiger partial charge in [-0.25, -0.2) is 15.0 Å². The summed E-state index contributed by atoms with van der Waals surface area (Å²) in [5, 5.41) is 7.40. The first-order valence-corrected chi connectivity index (χ1v) is 10.3. The van der Waals surface area contributed by atoms with Crippen LogP contribution in [0.5, 0.6) is 0 Å². The average Bonchev–Trinajstić information content (AvgIpc) is 3.22. The van der Waals surface area contributed by atoms with Crippen LogP contribution in [-0.2, 0) is 6.54 Å². The maximum Gasteiger partial charge on any atom is 0.182 e. The summed E-state index contributed by atoms with van der Waals surface area (Å²) in [7, 11) is 0. The average molecular weight is 392 g/mol. The van der Waals surface area contributed by atoms with E-state index in [4.69, 9.17) is 9.97 Å². The number of fused-ring (bicyclic) bond motifs is 1. The van der Waals surface area contributed by atoms with Gasteiger partial charge in [0.05, 0.1) is 17.9 Å². The summed E-state index contributed by atoms with van der Waals surface area (Å²) in [6.07, 6.45) is 1.81. The third-order valence-electron chi connectivity index (χ3n) is 5.24. The number of nitrogens with one attached hydrogen (secondary N) is 1. The van der Waals surface area contributed by atoms with Crippen molar-refractivity contribution in [2.45, 2.75) is 48.1 Å². The molecule has 144 valence electrons. The minimum Gasteiger partial charge on any atom is -0.356 e. The molecule has 4 aromatic rings.